The summed E-state index contributed by atoms with van der Waals surface area (Å²) in [6.45, 7) is 13.5. The number of carbonyl (C=O) groups is 4. The summed E-state index contributed by atoms with van der Waals surface area (Å²) in [6, 6.07) is 20.0. The molecule has 4 atom stereocenters. The van der Waals surface area contributed by atoms with E-state index in [2.05, 4.69) is 10.6 Å². The molecule has 0 spiro atoms. The largest absolute Gasteiger partial charge is 0.444 e. The molecule has 0 aliphatic rings. The van der Waals surface area contributed by atoms with E-state index in [1.807, 2.05) is 90.1 Å². The van der Waals surface area contributed by atoms with Crippen molar-refractivity contribution in [1.29, 1.82) is 0 Å². The fourth-order valence-corrected chi connectivity index (χ4v) is 6.31. The molecule has 0 aromatic heterocycles. The van der Waals surface area contributed by atoms with Gasteiger partial charge in [0, 0.05) is 12.1 Å². The van der Waals surface area contributed by atoms with Crippen molar-refractivity contribution in [3.8, 4) is 0 Å². The summed E-state index contributed by atoms with van der Waals surface area (Å²) >= 11 is 0. The van der Waals surface area contributed by atoms with E-state index in [0.717, 1.165) is 10.3 Å². The van der Waals surface area contributed by atoms with Crippen LogP contribution >= 0.6 is 0 Å². The number of hydrogen-bond acceptors (Lipinski definition) is 7. The third-order valence-corrected chi connectivity index (χ3v) is 9.05. The highest BCUT2D eigenvalue weighted by molar-refractivity contribution is 6.05. The Balaban J connectivity index is 2.27. The van der Waals surface area contributed by atoms with Gasteiger partial charge in [-0.1, -0.05) is 127 Å². The molecule has 0 saturated carbocycles. The van der Waals surface area contributed by atoms with E-state index < -0.39 is 41.6 Å². The molecular formula is C42H58N4O6. The van der Waals surface area contributed by atoms with Gasteiger partial charge in [-0.15, -0.1) is 0 Å². The maximum Gasteiger partial charge on any atom is 0.418 e. The molecule has 0 bridgehead atoms. The van der Waals surface area contributed by atoms with Crippen LogP contribution < -0.4 is 16.4 Å². The number of unbranched alkanes of at least 4 members (excludes halogenated alkanes) is 1. The standard InChI is InChI=1S/C42H58N4O6/c1-8-10-23-42(35-22-16-20-33-19-14-15-21-34(33)35,46(39(49)30(7)43)41(51)52-27-31-17-12-11-13-18-31)40(50)45-36(24-28(3)4)37(47)25-32(9-2)38(48)44-26-29(5)6/h11-22,25,28-30,36-37,47H,8-10,23-24,26-27,43H2,1-7H3,(H,44,48)(H,45,50)/t30-,36-,37-,42+/m0/s1. The second kappa shape index (κ2) is 19.9. The molecule has 3 aromatic carbocycles. The molecule has 0 unspecified atom stereocenters. The molecule has 0 aliphatic carbocycles. The van der Waals surface area contributed by atoms with Crippen LogP contribution in [0.3, 0.4) is 0 Å². The van der Waals surface area contributed by atoms with Gasteiger partial charge in [-0.2, -0.15) is 0 Å². The van der Waals surface area contributed by atoms with Crippen molar-refractivity contribution in [2.45, 2.75) is 111 Å². The lowest BCUT2D eigenvalue weighted by molar-refractivity contribution is -0.148. The number of imide groups is 1. The maximum absolute atomic E-state index is 15.4. The van der Waals surface area contributed by atoms with Crippen molar-refractivity contribution in [1.82, 2.24) is 15.5 Å². The number of aliphatic hydroxyl groups is 1. The Morgan fingerprint density at radius 1 is 0.904 bits per heavy atom. The zero-order valence-electron chi connectivity index (χ0n) is 31.9. The number of carbonyl (C=O) groups excluding carboxylic acids is 4. The molecule has 0 radical (unpaired) electrons. The Hall–Kier alpha value is -4.54. The van der Waals surface area contributed by atoms with Gasteiger partial charge in [-0.3, -0.25) is 14.4 Å². The van der Waals surface area contributed by atoms with Crippen molar-refractivity contribution in [2.75, 3.05) is 6.54 Å². The zero-order chi connectivity index (χ0) is 38.4. The van der Waals surface area contributed by atoms with Crippen LogP contribution in [0.1, 0.15) is 91.7 Å². The topological polar surface area (TPSA) is 151 Å². The molecule has 3 rings (SSSR count). The number of amides is 4. The Labute approximate surface area is 309 Å². The number of ether oxygens (including phenoxy) is 1. The van der Waals surface area contributed by atoms with Gasteiger partial charge < -0.3 is 26.2 Å². The average Bonchev–Trinajstić information content (AvgIpc) is 3.12. The van der Waals surface area contributed by atoms with Crippen LogP contribution in [0.5, 0.6) is 0 Å². The number of aliphatic hydroxyl groups excluding tert-OH is 1. The van der Waals surface area contributed by atoms with Gasteiger partial charge in [-0.25, -0.2) is 9.69 Å². The Kier molecular flexibility index (Phi) is 16.0. The first kappa shape index (κ1) is 41.9. The fourth-order valence-electron chi connectivity index (χ4n) is 6.31. The van der Waals surface area contributed by atoms with E-state index >= 15 is 4.79 Å². The molecule has 0 heterocycles. The van der Waals surface area contributed by atoms with Gasteiger partial charge in [0.1, 0.15) is 6.61 Å². The molecular weight excluding hydrogens is 656 g/mol. The van der Waals surface area contributed by atoms with Gasteiger partial charge in [0.2, 0.25) is 11.8 Å². The van der Waals surface area contributed by atoms with Crippen molar-refractivity contribution in [3.63, 3.8) is 0 Å². The fraction of sp³-hybridized carbons (Fsp3) is 0.476. The first-order valence-electron chi connectivity index (χ1n) is 18.5. The highest BCUT2D eigenvalue weighted by atomic mass is 16.6. The Morgan fingerprint density at radius 2 is 1.56 bits per heavy atom. The lowest BCUT2D eigenvalue weighted by Crippen LogP contribution is -2.64. The first-order chi connectivity index (χ1) is 24.8. The van der Waals surface area contributed by atoms with E-state index in [1.54, 1.807) is 24.3 Å². The van der Waals surface area contributed by atoms with Crippen molar-refractivity contribution in [2.24, 2.45) is 17.6 Å². The zero-order valence-corrected chi connectivity index (χ0v) is 31.9. The van der Waals surface area contributed by atoms with Crippen LogP contribution in [-0.4, -0.2) is 58.6 Å². The van der Waals surface area contributed by atoms with Crippen LogP contribution in [0.4, 0.5) is 4.79 Å². The summed E-state index contributed by atoms with van der Waals surface area (Å²) in [5.41, 5.74) is 5.83. The number of nitrogens with one attached hydrogen (secondary N) is 2. The minimum atomic E-state index is -1.93. The predicted molar refractivity (Wildman–Crippen MR) is 206 cm³/mol. The summed E-state index contributed by atoms with van der Waals surface area (Å²) in [5, 5.41) is 19.2. The quantitative estimate of drug-likeness (QED) is 0.107. The Morgan fingerprint density at radius 3 is 2.17 bits per heavy atom. The summed E-state index contributed by atoms with van der Waals surface area (Å²) in [6.07, 6.45) is 1.08. The summed E-state index contributed by atoms with van der Waals surface area (Å²) in [5.74, 6) is -1.47. The molecule has 3 aromatic rings. The van der Waals surface area contributed by atoms with Crippen LogP contribution in [0.2, 0.25) is 0 Å². The molecule has 0 aliphatic heterocycles. The summed E-state index contributed by atoms with van der Waals surface area (Å²) < 4.78 is 5.81. The first-order valence-corrected chi connectivity index (χ1v) is 18.5. The van der Waals surface area contributed by atoms with Gasteiger partial charge in [-0.05, 0) is 66.0 Å². The van der Waals surface area contributed by atoms with Crippen molar-refractivity contribution >= 4 is 34.6 Å². The molecule has 10 nitrogen and oxygen atoms in total. The maximum atomic E-state index is 15.4. The lowest BCUT2D eigenvalue weighted by Gasteiger charge is -2.43. The molecule has 0 saturated heterocycles. The SMILES string of the molecule is CCCC[C@](C(=O)N[C@@H](CC(C)C)[C@@H](O)C=C(CC)C(=O)NCC(C)C)(c1cccc2ccccc12)N(C(=O)OCc1ccccc1)C(=O)[C@H](C)N. The number of benzene rings is 3. The van der Waals surface area contributed by atoms with E-state index in [9.17, 15) is 19.5 Å². The number of fused-ring (bicyclic) bond motifs is 1. The Bertz CT molecular complexity index is 1670. The van der Waals surface area contributed by atoms with Gasteiger partial charge in [0.25, 0.3) is 5.91 Å². The second-order valence-corrected chi connectivity index (χ2v) is 14.3. The number of nitrogens with two attached hydrogens (primary N) is 1. The molecule has 0 fully saturated rings. The van der Waals surface area contributed by atoms with Gasteiger partial charge in [0.15, 0.2) is 5.54 Å². The predicted octanol–water partition coefficient (Wildman–Crippen LogP) is 6.74. The van der Waals surface area contributed by atoms with Crippen LogP contribution in [0.25, 0.3) is 10.8 Å². The van der Waals surface area contributed by atoms with E-state index in [1.165, 1.54) is 13.0 Å². The van der Waals surface area contributed by atoms with E-state index in [4.69, 9.17) is 10.5 Å². The average molecular weight is 715 g/mol. The highest BCUT2D eigenvalue weighted by Gasteiger charge is 2.53. The normalized spacial score (nSPS) is 14.7. The summed E-state index contributed by atoms with van der Waals surface area (Å²) in [4.78, 5) is 58.0. The second-order valence-electron chi connectivity index (χ2n) is 14.3. The molecule has 52 heavy (non-hydrogen) atoms. The van der Waals surface area contributed by atoms with Crippen LogP contribution in [-0.2, 0) is 31.3 Å². The van der Waals surface area contributed by atoms with Crippen LogP contribution in [0.15, 0.2) is 84.4 Å². The molecule has 10 heteroatoms. The van der Waals surface area contributed by atoms with Gasteiger partial charge in [0.05, 0.1) is 18.2 Å². The van der Waals surface area contributed by atoms with E-state index in [0.29, 0.717) is 54.3 Å². The van der Waals surface area contributed by atoms with Gasteiger partial charge >= 0.3 is 6.09 Å². The molecule has 5 N–H and O–H groups in total. The molecule has 4 amide bonds. The van der Waals surface area contributed by atoms with E-state index in [-0.39, 0.29) is 30.8 Å². The third kappa shape index (κ3) is 10.7. The minimum Gasteiger partial charge on any atom is -0.444 e. The lowest BCUT2D eigenvalue weighted by atomic mass is 9.79. The van der Waals surface area contributed by atoms with Crippen molar-refractivity contribution in [3.05, 3.63) is 95.6 Å². The van der Waals surface area contributed by atoms with Crippen molar-refractivity contribution < 1.29 is 29.0 Å². The smallest absolute Gasteiger partial charge is 0.418 e. The number of rotatable bonds is 18. The summed E-state index contributed by atoms with van der Waals surface area (Å²) in [7, 11) is 0. The van der Waals surface area contributed by atoms with Crippen LogP contribution in [0, 0.1) is 11.8 Å². The molecule has 282 valence electrons. The number of hydrogen-bond donors (Lipinski definition) is 4. The monoisotopic (exact) mass is 714 g/mol. The third-order valence-electron chi connectivity index (χ3n) is 9.05. The number of nitrogens with zero attached hydrogens (tertiary/aromatic N) is 1. The highest BCUT2D eigenvalue weighted by Crippen LogP contribution is 2.40. The minimum absolute atomic E-state index is 0.0217.